The van der Waals surface area contributed by atoms with Crippen molar-refractivity contribution in [1.82, 2.24) is 5.32 Å². The van der Waals surface area contributed by atoms with Gasteiger partial charge in [0.1, 0.15) is 0 Å². The molecule has 3 heteroatoms. The highest BCUT2D eigenvalue weighted by Gasteiger charge is 2.04. The number of carbonyl (C=O) groups excluding carboxylic acids is 1. The van der Waals surface area contributed by atoms with Crippen LogP contribution in [0.1, 0.15) is 25.0 Å². The molecule has 1 aromatic rings. The highest BCUT2D eigenvalue weighted by atomic mass is 16.1. The first-order valence-corrected chi connectivity index (χ1v) is 4.90. The van der Waals surface area contributed by atoms with Crippen LogP contribution >= 0.6 is 0 Å². The van der Waals surface area contributed by atoms with Crippen LogP contribution in [0.3, 0.4) is 0 Å². The molecule has 1 N–H and O–H groups in total. The Balaban J connectivity index is 2.58. The molecule has 3 nitrogen and oxygen atoms in total. The molecule has 15 heavy (non-hydrogen) atoms. The highest BCUT2D eigenvalue weighted by molar-refractivity contribution is 5.78. The zero-order valence-corrected chi connectivity index (χ0v) is 8.95. The number of nitriles is 1. The second kappa shape index (κ2) is 5.16. The molecule has 0 radical (unpaired) electrons. The Morgan fingerprint density at radius 3 is 2.47 bits per heavy atom. The summed E-state index contributed by atoms with van der Waals surface area (Å²) in [7, 11) is 0. The molecular formula is C12H14N2O. The maximum atomic E-state index is 11.4. The Labute approximate surface area is 89.7 Å². The van der Waals surface area contributed by atoms with Crippen molar-refractivity contribution in [1.29, 1.82) is 5.26 Å². The van der Waals surface area contributed by atoms with E-state index in [1.807, 2.05) is 19.9 Å². The van der Waals surface area contributed by atoms with Crippen LogP contribution in [0, 0.1) is 11.3 Å². The number of carbonyl (C=O) groups is 1. The third-order valence-corrected chi connectivity index (χ3v) is 1.90. The van der Waals surface area contributed by atoms with E-state index in [-0.39, 0.29) is 11.9 Å². The van der Waals surface area contributed by atoms with Gasteiger partial charge in [0.2, 0.25) is 5.91 Å². The van der Waals surface area contributed by atoms with Crippen LogP contribution in [-0.4, -0.2) is 11.9 Å². The van der Waals surface area contributed by atoms with Crippen molar-refractivity contribution in [2.45, 2.75) is 26.3 Å². The maximum absolute atomic E-state index is 11.4. The Kier molecular flexibility index (Phi) is 3.87. The minimum absolute atomic E-state index is 0.00899. The van der Waals surface area contributed by atoms with Gasteiger partial charge in [0, 0.05) is 6.04 Å². The van der Waals surface area contributed by atoms with E-state index in [1.54, 1.807) is 24.3 Å². The second-order valence-electron chi connectivity index (χ2n) is 3.71. The molecule has 0 aromatic heterocycles. The molecule has 78 valence electrons. The molecule has 0 saturated carbocycles. The molecule has 0 heterocycles. The number of nitrogens with zero attached hydrogens (tertiary/aromatic N) is 1. The van der Waals surface area contributed by atoms with E-state index < -0.39 is 0 Å². The average molecular weight is 202 g/mol. The smallest absolute Gasteiger partial charge is 0.224 e. The molecule has 0 bridgehead atoms. The number of hydrogen-bond acceptors (Lipinski definition) is 2. The van der Waals surface area contributed by atoms with Crippen LogP contribution in [0.2, 0.25) is 0 Å². The summed E-state index contributed by atoms with van der Waals surface area (Å²) in [5, 5.41) is 11.4. The van der Waals surface area contributed by atoms with Gasteiger partial charge in [-0.05, 0) is 31.5 Å². The van der Waals surface area contributed by atoms with Gasteiger partial charge < -0.3 is 5.32 Å². The topological polar surface area (TPSA) is 52.9 Å². The molecule has 1 rings (SSSR count). The van der Waals surface area contributed by atoms with Crippen LogP contribution in [0.15, 0.2) is 24.3 Å². The first kappa shape index (κ1) is 11.3. The molecule has 0 unspecified atom stereocenters. The third kappa shape index (κ3) is 3.82. The summed E-state index contributed by atoms with van der Waals surface area (Å²) in [6.45, 7) is 3.85. The van der Waals surface area contributed by atoms with Crippen LogP contribution < -0.4 is 5.32 Å². The lowest BCUT2D eigenvalue weighted by Crippen LogP contribution is -2.31. The Bertz CT molecular complexity index is 374. The fourth-order valence-corrected chi connectivity index (χ4v) is 1.26. The number of rotatable bonds is 3. The summed E-state index contributed by atoms with van der Waals surface area (Å²) >= 11 is 0. The van der Waals surface area contributed by atoms with Crippen molar-refractivity contribution < 1.29 is 4.79 Å². The fourth-order valence-electron chi connectivity index (χ4n) is 1.26. The second-order valence-corrected chi connectivity index (χ2v) is 3.71. The molecule has 0 aliphatic carbocycles. The third-order valence-electron chi connectivity index (χ3n) is 1.90. The fraction of sp³-hybridized carbons (Fsp3) is 0.333. The van der Waals surface area contributed by atoms with Crippen LogP contribution in [-0.2, 0) is 11.2 Å². The van der Waals surface area contributed by atoms with Gasteiger partial charge in [0.15, 0.2) is 0 Å². The predicted molar refractivity (Wildman–Crippen MR) is 58.1 cm³/mol. The predicted octanol–water partition coefficient (Wildman–Crippen LogP) is 1.63. The lowest BCUT2D eigenvalue weighted by molar-refractivity contribution is -0.120. The average Bonchev–Trinajstić information content (AvgIpc) is 2.17. The summed E-state index contributed by atoms with van der Waals surface area (Å²) in [5.41, 5.74) is 1.54. The summed E-state index contributed by atoms with van der Waals surface area (Å²) in [6, 6.07) is 9.25. The molecule has 0 spiro atoms. The number of hydrogen-bond donors (Lipinski definition) is 1. The lowest BCUT2D eigenvalue weighted by atomic mass is 10.1. The Morgan fingerprint density at radius 1 is 1.40 bits per heavy atom. The van der Waals surface area contributed by atoms with Gasteiger partial charge in [-0.15, -0.1) is 0 Å². The molecule has 1 amide bonds. The zero-order chi connectivity index (χ0) is 11.3. The first-order valence-electron chi connectivity index (χ1n) is 4.90. The van der Waals surface area contributed by atoms with E-state index in [2.05, 4.69) is 5.32 Å². The van der Waals surface area contributed by atoms with Gasteiger partial charge in [0.05, 0.1) is 18.1 Å². The quantitative estimate of drug-likeness (QED) is 0.809. The number of nitrogens with one attached hydrogen (secondary N) is 1. The minimum Gasteiger partial charge on any atom is -0.354 e. The summed E-state index contributed by atoms with van der Waals surface area (Å²) in [5.74, 6) is 0.00899. The van der Waals surface area contributed by atoms with Gasteiger partial charge >= 0.3 is 0 Å². The summed E-state index contributed by atoms with van der Waals surface area (Å²) in [6.07, 6.45) is 0.365. The van der Waals surface area contributed by atoms with Gasteiger partial charge in [-0.25, -0.2) is 0 Å². The molecular weight excluding hydrogens is 188 g/mol. The highest BCUT2D eigenvalue weighted by Crippen LogP contribution is 2.04. The van der Waals surface area contributed by atoms with Crippen molar-refractivity contribution in [3.05, 3.63) is 35.4 Å². The maximum Gasteiger partial charge on any atom is 0.224 e. The normalized spacial score (nSPS) is 9.73. The molecule has 1 aromatic carbocycles. The van der Waals surface area contributed by atoms with E-state index in [9.17, 15) is 4.79 Å². The minimum atomic E-state index is 0.00899. The number of amides is 1. The van der Waals surface area contributed by atoms with Crippen molar-refractivity contribution in [3.63, 3.8) is 0 Å². The molecule has 0 saturated heterocycles. The zero-order valence-electron chi connectivity index (χ0n) is 8.95. The Morgan fingerprint density at radius 2 is 2.00 bits per heavy atom. The number of benzene rings is 1. The van der Waals surface area contributed by atoms with Crippen molar-refractivity contribution in [2.75, 3.05) is 0 Å². The van der Waals surface area contributed by atoms with Gasteiger partial charge in [-0.3, -0.25) is 4.79 Å². The molecule has 0 atom stereocenters. The van der Waals surface area contributed by atoms with Gasteiger partial charge in [-0.1, -0.05) is 12.1 Å². The standard InChI is InChI=1S/C12H14N2O/c1-9(2)14-12(15)7-10-3-5-11(8-13)6-4-10/h3-6,9H,7H2,1-2H3,(H,14,15). The van der Waals surface area contributed by atoms with Gasteiger partial charge in [0.25, 0.3) is 0 Å². The van der Waals surface area contributed by atoms with E-state index in [4.69, 9.17) is 5.26 Å². The van der Waals surface area contributed by atoms with Crippen LogP contribution in [0.25, 0.3) is 0 Å². The summed E-state index contributed by atoms with van der Waals surface area (Å²) in [4.78, 5) is 11.4. The van der Waals surface area contributed by atoms with Crippen molar-refractivity contribution in [2.24, 2.45) is 0 Å². The SMILES string of the molecule is CC(C)NC(=O)Cc1ccc(C#N)cc1. The molecule has 0 aliphatic heterocycles. The Hall–Kier alpha value is -1.82. The molecule has 0 fully saturated rings. The van der Waals surface area contributed by atoms with Crippen LogP contribution in [0.5, 0.6) is 0 Å². The summed E-state index contributed by atoms with van der Waals surface area (Å²) < 4.78 is 0. The van der Waals surface area contributed by atoms with Gasteiger partial charge in [-0.2, -0.15) is 5.26 Å². The van der Waals surface area contributed by atoms with Crippen molar-refractivity contribution in [3.8, 4) is 6.07 Å². The van der Waals surface area contributed by atoms with E-state index >= 15 is 0 Å². The first-order chi connectivity index (χ1) is 7.11. The lowest BCUT2D eigenvalue weighted by Gasteiger charge is -2.07. The van der Waals surface area contributed by atoms with E-state index in [0.29, 0.717) is 12.0 Å². The monoisotopic (exact) mass is 202 g/mol. The molecule has 0 aliphatic rings. The largest absolute Gasteiger partial charge is 0.354 e. The van der Waals surface area contributed by atoms with Crippen LogP contribution in [0.4, 0.5) is 0 Å². The van der Waals surface area contributed by atoms with E-state index in [1.165, 1.54) is 0 Å². The van der Waals surface area contributed by atoms with E-state index in [0.717, 1.165) is 5.56 Å². The van der Waals surface area contributed by atoms with Crippen molar-refractivity contribution >= 4 is 5.91 Å².